The van der Waals surface area contributed by atoms with Crippen LogP contribution in [0.2, 0.25) is 0 Å². The number of aliphatic hydroxyl groups is 1. The molecular formula is C19H26N4O3. The Morgan fingerprint density at radius 3 is 2.88 bits per heavy atom. The molecule has 3 rings (SSSR count). The molecular weight excluding hydrogens is 332 g/mol. The SMILES string of the molecule is Cc1nn(C)cc1CCC(=O)N1CC[C@H](Oc2cccnc2)[C@@H](O)CC1. The van der Waals surface area contributed by atoms with Gasteiger partial charge < -0.3 is 14.7 Å². The summed E-state index contributed by atoms with van der Waals surface area (Å²) in [6.07, 6.45) is 6.63. The Morgan fingerprint density at radius 1 is 1.38 bits per heavy atom. The van der Waals surface area contributed by atoms with Crippen LogP contribution in [0.15, 0.2) is 30.7 Å². The minimum Gasteiger partial charge on any atom is -0.486 e. The minimum atomic E-state index is -0.589. The second-order valence-corrected chi connectivity index (χ2v) is 6.78. The van der Waals surface area contributed by atoms with Crippen molar-refractivity contribution in [2.45, 2.75) is 44.8 Å². The lowest BCUT2D eigenvalue weighted by Gasteiger charge is -2.21. The van der Waals surface area contributed by atoms with Gasteiger partial charge in [0.2, 0.25) is 5.91 Å². The first-order valence-electron chi connectivity index (χ1n) is 9.04. The van der Waals surface area contributed by atoms with Crippen LogP contribution < -0.4 is 4.74 Å². The van der Waals surface area contributed by atoms with Crippen molar-refractivity contribution in [1.82, 2.24) is 19.7 Å². The van der Waals surface area contributed by atoms with E-state index in [0.29, 0.717) is 44.5 Å². The van der Waals surface area contributed by atoms with Crippen LogP contribution in [-0.2, 0) is 18.3 Å². The van der Waals surface area contributed by atoms with Crippen molar-refractivity contribution in [2.75, 3.05) is 13.1 Å². The molecule has 0 saturated carbocycles. The highest BCUT2D eigenvalue weighted by atomic mass is 16.5. The Bertz CT molecular complexity index is 732. The number of nitrogens with zero attached hydrogens (tertiary/aromatic N) is 4. The second kappa shape index (κ2) is 8.31. The predicted octanol–water partition coefficient (Wildman–Crippen LogP) is 1.49. The van der Waals surface area contributed by atoms with E-state index >= 15 is 0 Å². The van der Waals surface area contributed by atoms with Crippen molar-refractivity contribution in [3.05, 3.63) is 42.0 Å². The highest BCUT2D eigenvalue weighted by Crippen LogP contribution is 2.20. The molecule has 0 spiro atoms. The summed E-state index contributed by atoms with van der Waals surface area (Å²) in [6, 6.07) is 3.62. The summed E-state index contributed by atoms with van der Waals surface area (Å²) in [5, 5.41) is 14.7. The highest BCUT2D eigenvalue weighted by Gasteiger charge is 2.28. The topological polar surface area (TPSA) is 80.5 Å². The summed E-state index contributed by atoms with van der Waals surface area (Å²) in [4.78, 5) is 18.4. The van der Waals surface area contributed by atoms with Crippen LogP contribution in [0, 0.1) is 6.92 Å². The van der Waals surface area contributed by atoms with E-state index in [1.165, 1.54) is 0 Å². The molecule has 1 aliphatic heterocycles. The molecule has 0 unspecified atom stereocenters. The van der Waals surface area contributed by atoms with Crippen molar-refractivity contribution < 1.29 is 14.6 Å². The van der Waals surface area contributed by atoms with Gasteiger partial charge in [-0.25, -0.2) is 0 Å². The second-order valence-electron chi connectivity index (χ2n) is 6.78. The van der Waals surface area contributed by atoms with Gasteiger partial charge in [0.1, 0.15) is 11.9 Å². The summed E-state index contributed by atoms with van der Waals surface area (Å²) >= 11 is 0. The average Bonchev–Trinajstić information content (AvgIpc) is 2.84. The van der Waals surface area contributed by atoms with Gasteiger partial charge in [-0.1, -0.05) is 0 Å². The van der Waals surface area contributed by atoms with Crippen molar-refractivity contribution in [3.63, 3.8) is 0 Å². The normalized spacial score (nSPS) is 20.7. The zero-order valence-electron chi connectivity index (χ0n) is 15.3. The molecule has 1 amide bonds. The number of carbonyl (C=O) groups excluding carboxylic acids is 1. The minimum absolute atomic E-state index is 0.113. The number of likely N-dealkylation sites (tertiary alicyclic amines) is 1. The molecule has 1 aliphatic rings. The number of ether oxygens (including phenoxy) is 1. The summed E-state index contributed by atoms with van der Waals surface area (Å²) in [7, 11) is 1.89. The highest BCUT2D eigenvalue weighted by molar-refractivity contribution is 5.76. The molecule has 26 heavy (non-hydrogen) atoms. The number of carbonyl (C=O) groups is 1. The molecule has 0 radical (unpaired) electrons. The number of rotatable bonds is 5. The van der Waals surface area contributed by atoms with Crippen LogP contribution in [0.4, 0.5) is 0 Å². The Morgan fingerprint density at radius 2 is 2.19 bits per heavy atom. The van der Waals surface area contributed by atoms with Crippen molar-refractivity contribution in [3.8, 4) is 5.75 Å². The van der Waals surface area contributed by atoms with Crippen LogP contribution in [-0.4, -0.2) is 56.0 Å². The van der Waals surface area contributed by atoms with E-state index in [1.807, 2.05) is 31.1 Å². The molecule has 2 aromatic rings. The van der Waals surface area contributed by atoms with Crippen LogP contribution in [0.5, 0.6) is 5.75 Å². The monoisotopic (exact) mass is 358 g/mol. The van der Waals surface area contributed by atoms with Gasteiger partial charge in [-0.2, -0.15) is 5.10 Å². The zero-order chi connectivity index (χ0) is 18.5. The lowest BCUT2D eigenvalue weighted by atomic mass is 10.1. The van der Waals surface area contributed by atoms with Gasteiger partial charge in [-0.05, 0) is 37.5 Å². The van der Waals surface area contributed by atoms with Gasteiger partial charge >= 0.3 is 0 Å². The molecule has 0 aromatic carbocycles. The van der Waals surface area contributed by atoms with Crippen molar-refractivity contribution in [1.29, 1.82) is 0 Å². The zero-order valence-corrected chi connectivity index (χ0v) is 15.3. The van der Waals surface area contributed by atoms with Gasteiger partial charge in [0.05, 0.1) is 18.0 Å². The predicted molar refractivity (Wildman–Crippen MR) is 96.7 cm³/mol. The van der Waals surface area contributed by atoms with Crippen LogP contribution in [0.25, 0.3) is 0 Å². The Hall–Kier alpha value is -2.41. The number of aromatic nitrogens is 3. The average molecular weight is 358 g/mol. The van der Waals surface area contributed by atoms with E-state index in [9.17, 15) is 9.90 Å². The van der Waals surface area contributed by atoms with E-state index < -0.39 is 6.10 Å². The van der Waals surface area contributed by atoms with Gasteiger partial charge in [-0.15, -0.1) is 0 Å². The summed E-state index contributed by atoms with van der Waals surface area (Å²) < 4.78 is 7.64. The Labute approximate surface area is 153 Å². The van der Waals surface area contributed by atoms with E-state index in [-0.39, 0.29) is 12.0 Å². The Balaban J connectivity index is 1.53. The maximum atomic E-state index is 12.6. The first kappa shape index (κ1) is 18.4. The lowest BCUT2D eigenvalue weighted by Crippen LogP contribution is -2.32. The van der Waals surface area contributed by atoms with Crippen LogP contribution >= 0.6 is 0 Å². The number of amides is 1. The lowest BCUT2D eigenvalue weighted by molar-refractivity contribution is -0.131. The quantitative estimate of drug-likeness (QED) is 0.876. The largest absolute Gasteiger partial charge is 0.486 e. The maximum Gasteiger partial charge on any atom is 0.222 e. The molecule has 1 N–H and O–H groups in total. The summed E-state index contributed by atoms with van der Waals surface area (Å²) in [6.45, 7) is 3.11. The number of aryl methyl sites for hydroxylation is 3. The molecule has 7 nitrogen and oxygen atoms in total. The smallest absolute Gasteiger partial charge is 0.222 e. The molecule has 140 valence electrons. The third kappa shape index (κ3) is 4.60. The van der Waals surface area contributed by atoms with Gasteiger partial charge in [-0.3, -0.25) is 14.5 Å². The molecule has 1 fully saturated rings. The third-order valence-corrected chi connectivity index (χ3v) is 4.81. The van der Waals surface area contributed by atoms with E-state index in [2.05, 4.69) is 10.1 Å². The van der Waals surface area contributed by atoms with E-state index in [0.717, 1.165) is 11.3 Å². The molecule has 0 aliphatic carbocycles. The van der Waals surface area contributed by atoms with Gasteiger partial charge in [0.25, 0.3) is 0 Å². The fourth-order valence-electron chi connectivity index (χ4n) is 3.33. The number of hydrogen-bond donors (Lipinski definition) is 1. The number of pyridine rings is 1. The van der Waals surface area contributed by atoms with Crippen molar-refractivity contribution >= 4 is 5.91 Å². The number of aliphatic hydroxyl groups excluding tert-OH is 1. The first-order valence-corrected chi connectivity index (χ1v) is 9.04. The molecule has 2 aromatic heterocycles. The first-order chi connectivity index (χ1) is 12.5. The standard InChI is InChI=1S/C19H26N4O3/c1-14-15(13-22(2)21-14)5-6-19(25)23-10-7-17(24)18(8-11-23)26-16-4-3-9-20-12-16/h3-4,9,12-13,17-18,24H,5-8,10-11H2,1-2H3/t17-,18-/m0/s1. The van der Waals surface area contributed by atoms with Gasteiger partial charge in [0.15, 0.2) is 0 Å². The Kier molecular flexibility index (Phi) is 5.88. The molecule has 7 heteroatoms. The fraction of sp³-hybridized carbons (Fsp3) is 0.526. The fourth-order valence-corrected chi connectivity index (χ4v) is 3.33. The summed E-state index contributed by atoms with van der Waals surface area (Å²) in [5.74, 6) is 0.755. The number of hydrogen-bond acceptors (Lipinski definition) is 5. The molecule has 1 saturated heterocycles. The van der Waals surface area contributed by atoms with Crippen LogP contribution in [0.1, 0.15) is 30.5 Å². The molecule has 2 atom stereocenters. The third-order valence-electron chi connectivity index (χ3n) is 4.81. The van der Waals surface area contributed by atoms with Crippen molar-refractivity contribution in [2.24, 2.45) is 7.05 Å². The van der Waals surface area contributed by atoms with Crippen LogP contribution in [0.3, 0.4) is 0 Å². The van der Waals surface area contributed by atoms with E-state index in [4.69, 9.17) is 4.74 Å². The van der Waals surface area contributed by atoms with Gasteiger partial charge in [0, 0.05) is 45.4 Å². The summed E-state index contributed by atoms with van der Waals surface area (Å²) in [5.41, 5.74) is 2.07. The molecule has 3 heterocycles. The maximum absolute atomic E-state index is 12.6. The molecule has 0 bridgehead atoms. The van der Waals surface area contributed by atoms with E-state index in [1.54, 1.807) is 23.1 Å².